The van der Waals surface area contributed by atoms with Crippen molar-refractivity contribution in [3.05, 3.63) is 35.9 Å². The lowest BCUT2D eigenvalue weighted by molar-refractivity contribution is -0.148. The van der Waals surface area contributed by atoms with Crippen molar-refractivity contribution >= 4 is 11.9 Å². The van der Waals surface area contributed by atoms with Crippen LogP contribution in [-0.2, 0) is 16.0 Å². The van der Waals surface area contributed by atoms with Crippen molar-refractivity contribution in [3.63, 3.8) is 0 Å². The quantitative estimate of drug-likeness (QED) is 0.791. The van der Waals surface area contributed by atoms with Crippen LogP contribution in [0.2, 0.25) is 0 Å². The number of carbonyl (C=O) groups excluding carboxylic acids is 1. The van der Waals surface area contributed by atoms with Gasteiger partial charge >= 0.3 is 5.97 Å². The Labute approximate surface area is 125 Å². The van der Waals surface area contributed by atoms with Crippen LogP contribution in [0.25, 0.3) is 0 Å². The van der Waals surface area contributed by atoms with Gasteiger partial charge in [0.15, 0.2) is 0 Å². The van der Waals surface area contributed by atoms with E-state index in [-0.39, 0.29) is 11.8 Å². The smallest absolute Gasteiger partial charge is 0.307 e. The van der Waals surface area contributed by atoms with Gasteiger partial charge in [-0.1, -0.05) is 43.2 Å². The van der Waals surface area contributed by atoms with Crippen molar-refractivity contribution < 1.29 is 14.7 Å². The molecule has 0 radical (unpaired) electrons. The van der Waals surface area contributed by atoms with E-state index >= 15 is 0 Å². The van der Waals surface area contributed by atoms with E-state index in [0.717, 1.165) is 25.7 Å². The Morgan fingerprint density at radius 3 is 2.43 bits per heavy atom. The summed E-state index contributed by atoms with van der Waals surface area (Å²) in [6, 6.07) is 10.1. The van der Waals surface area contributed by atoms with Crippen LogP contribution < -0.4 is 5.32 Å². The van der Waals surface area contributed by atoms with Crippen molar-refractivity contribution in [1.29, 1.82) is 0 Å². The van der Waals surface area contributed by atoms with Gasteiger partial charge in [-0.3, -0.25) is 9.59 Å². The molecule has 0 spiro atoms. The lowest BCUT2D eigenvalue weighted by Gasteiger charge is -2.27. The zero-order valence-corrected chi connectivity index (χ0v) is 12.3. The Morgan fingerprint density at radius 2 is 1.76 bits per heavy atom. The van der Waals surface area contributed by atoms with Gasteiger partial charge in [0.2, 0.25) is 5.91 Å². The molecule has 1 fully saturated rings. The minimum absolute atomic E-state index is 0.0878. The van der Waals surface area contributed by atoms with Gasteiger partial charge in [0.05, 0.1) is 11.8 Å². The van der Waals surface area contributed by atoms with E-state index in [9.17, 15) is 14.7 Å². The van der Waals surface area contributed by atoms with E-state index in [1.54, 1.807) is 0 Å². The van der Waals surface area contributed by atoms with E-state index in [1.807, 2.05) is 18.2 Å². The van der Waals surface area contributed by atoms with E-state index in [4.69, 9.17) is 0 Å². The summed E-state index contributed by atoms with van der Waals surface area (Å²) in [7, 11) is 0. The molecule has 1 aliphatic carbocycles. The molecule has 0 aliphatic heterocycles. The number of aryl methyl sites for hydroxylation is 1. The highest BCUT2D eigenvalue weighted by atomic mass is 16.4. The van der Waals surface area contributed by atoms with Crippen LogP contribution in [0, 0.1) is 11.8 Å². The third-order valence-corrected chi connectivity index (χ3v) is 4.20. The number of aliphatic carboxylic acids is 1. The van der Waals surface area contributed by atoms with Crippen molar-refractivity contribution in [1.82, 2.24) is 5.32 Å². The topological polar surface area (TPSA) is 66.4 Å². The lowest BCUT2D eigenvalue weighted by Crippen LogP contribution is -2.40. The molecule has 4 heteroatoms. The second kappa shape index (κ2) is 7.81. The third kappa shape index (κ3) is 4.59. The van der Waals surface area contributed by atoms with E-state index in [1.165, 1.54) is 5.56 Å². The number of hydrogen-bond acceptors (Lipinski definition) is 2. The Kier molecular flexibility index (Phi) is 5.78. The lowest BCUT2D eigenvalue weighted by atomic mass is 9.78. The van der Waals surface area contributed by atoms with E-state index in [2.05, 4.69) is 17.4 Å². The first-order valence-corrected chi connectivity index (χ1v) is 7.73. The Hall–Kier alpha value is -1.84. The summed E-state index contributed by atoms with van der Waals surface area (Å²) >= 11 is 0. The van der Waals surface area contributed by atoms with Crippen molar-refractivity contribution in [2.45, 2.75) is 38.5 Å². The summed E-state index contributed by atoms with van der Waals surface area (Å²) in [5.41, 5.74) is 1.26. The van der Waals surface area contributed by atoms with Crippen LogP contribution in [0.4, 0.5) is 0 Å². The van der Waals surface area contributed by atoms with Gasteiger partial charge in [-0.05, 0) is 31.2 Å². The van der Waals surface area contributed by atoms with Gasteiger partial charge in [0.25, 0.3) is 0 Å². The molecule has 0 saturated heterocycles. The minimum atomic E-state index is -0.834. The summed E-state index contributed by atoms with van der Waals surface area (Å²) in [6.45, 7) is 0.608. The predicted octanol–water partition coefficient (Wildman–Crippen LogP) is 2.63. The van der Waals surface area contributed by atoms with Crippen LogP contribution in [0.3, 0.4) is 0 Å². The van der Waals surface area contributed by atoms with Gasteiger partial charge in [-0.25, -0.2) is 0 Å². The number of carboxylic acids is 1. The first-order valence-electron chi connectivity index (χ1n) is 7.73. The summed E-state index contributed by atoms with van der Waals surface area (Å²) in [5, 5.41) is 12.1. The molecule has 1 aromatic carbocycles. The molecule has 114 valence electrons. The summed E-state index contributed by atoms with van der Waals surface area (Å²) in [5.74, 6) is -1.78. The monoisotopic (exact) mass is 289 g/mol. The Bertz CT molecular complexity index is 472. The average Bonchev–Trinajstić information content (AvgIpc) is 2.52. The molecule has 2 rings (SSSR count). The fourth-order valence-corrected chi connectivity index (χ4v) is 3.02. The molecule has 0 aromatic heterocycles. The molecule has 4 nitrogen and oxygen atoms in total. The molecule has 0 heterocycles. The first kappa shape index (κ1) is 15.5. The van der Waals surface area contributed by atoms with Crippen LogP contribution in [0.15, 0.2) is 30.3 Å². The standard InChI is InChI=1S/C17H23NO3/c19-16(14-10-4-5-11-15(14)17(20)21)18-12-6-9-13-7-2-1-3-8-13/h1-3,7-8,14-15H,4-6,9-12H2,(H,18,19)(H,20,21)/t14-,15+/m0/s1. The molecular formula is C17H23NO3. The number of amides is 1. The molecule has 21 heavy (non-hydrogen) atoms. The number of rotatable bonds is 6. The minimum Gasteiger partial charge on any atom is -0.481 e. The number of benzene rings is 1. The zero-order valence-electron chi connectivity index (χ0n) is 12.3. The maximum absolute atomic E-state index is 12.1. The molecule has 1 aromatic rings. The molecule has 0 bridgehead atoms. The van der Waals surface area contributed by atoms with Gasteiger partial charge in [0.1, 0.15) is 0 Å². The zero-order chi connectivity index (χ0) is 15.1. The van der Waals surface area contributed by atoms with Gasteiger partial charge in [-0.15, -0.1) is 0 Å². The number of carbonyl (C=O) groups is 2. The maximum Gasteiger partial charge on any atom is 0.307 e. The molecule has 1 amide bonds. The maximum atomic E-state index is 12.1. The van der Waals surface area contributed by atoms with Crippen molar-refractivity contribution in [2.75, 3.05) is 6.54 Å². The normalized spacial score (nSPS) is 21.7. The molecule has 2 N–H and O–H groups in total. The van der Waals surface area contributed by atoms with Gasteiger partial charge < -0.3 is 10.4 Å². The first-order chi connectivity index (χ1) is 10.2. The van der Waals surface area contributed by atoms with Gasteiger partial charge in [-0.2, -0.15) is 0 Å². The van der Waals surface area contributed by atoms with Gasteiger partial charge in [0, 0.05) is 6.54 Å². The predicted molar refractivity (Wildman–Crippen MR) is 80.9 cm³/mol. The molecule has 0 unspecified atom stereocenters. The number of hydrogen-bond donors (Lipinski definition) is 2. The fourth-order valence-electron chi connectivity index (χ4n) is 3.02. The SMILES string of the molecule is O=C(NCCCc1ccccc1)[C@H]1CCCC[C@H]1C(=O)O. The highest BCUT2D eigenvalue weighted by Crippen LogP contribution is 2.30. The summed E-state index contributed by atoms with van der Waals surface area (Å²) in [4.78, 5) is 23.4. The largest absolute Gasteiger partial charge is 0.481 e. The molecule has 1 saturated carbocycles. The highest BCUT2D eigenvalue weighted by Gasteiger charge is 2.35. The summed E-state index contributed by atoms with van der Waals surface area (Å²) in [6.07, 6.45) is 4.98. The summed E-state index contributed by atoms with van der Waals surface area (Å²) < 4.78 is 0. The fraction of sp³-hybridized carbons (Fsp3) is 0.529. The molecule has 1 aliphatic rings. The number of nitrogens with one attached hydrogen (secondary N) is 1. The Balaban J connectivity index is 1.74. The van der Waals surface area contributed by atoms with E-state index in [0.29, 0.717) is 19.4 Å². The second-order valence-corrected chi connectivity index (χ2v) is 5.72. The van der Waals surface area contributed by atoms with E-state index < -0.39 is 11.9 Å². The Morgan fingerprint density at radius 1 is 1.10 bits per heavy atom. The molecular weight excluding hydrogens is 266 g/mol. The average molecular weight is 289 g/mol. The molecule has 2 atom stereocenters. The van der Waals surface area contributed by atoms with Crippen LogP contribution in [-0.4, -0.2) is 23.5 Å². The second-order valence-electron chi connectivity index (χ2n) is 5.72. The van der Waals surface area contributed by atoms with Crippen LogP contribution >= 0.6 is 0 Å². The van der Waals surface area contributed by atoms with Crippen LogP contribution in [0.1, 0.15) is 37.7 Å². The van der Waals surface area contributed by atoms with Crippen LogP contribution in [0.5, 0.6) is 0 Å². The third-order valence-electron chi connectivity index (χ3n) is 4.20. The van der Waals surface area contributed by atoms with Crippen molar-refractivity contribution in [3.8, 4) is 0 Å². The highest BCUT2D eigenvalue weighted by molar-refractivity contribution is 5.84. The number of carboxylic acid groups (broad SMARTS) is 1. The van der Waals surface area contributed by atoms with Crippen molar-refractivity contribution in [2.24, 2.45) is 11.8 Å².